The first-order valence-electron chi connectivity index (χ1n) is 5.23. The van der Waals surface area contributed by atoms with Gasteiger partial charge >= 0.3 is 0 Å². The second kappa shape index (κ2) is 5.01. The summed E-state index contributed by atoms with van der Waals surface area (Å²) in [5.74, 6) is 0. The Morgan fingerprint density at radius 1 is 1.25 bits per heavy atom. The summed E-state index contributed by atoms with van der Waals surface area (Å²) < 4.78 is 3.34. The molecule has 0 bridgehead atoms. The van der Waals surface area contributed by atoms with Crippen LogP contribution in [0.4, 0.5) is 0 Å². The van der Waals surface area contributed by atoms with E-state index in [4.69, 9.17) is 0 Å². The third-order valence-electron chi connectivity index (χ3n) is 2.53. The monoisotopic (exact) mass is 327 g/mol. The number of nitrogens with zero attached hydrogens (tertiary/aromatic N) is 1. The summed E-state index contributed by atoms with van der Waals surface area (Å²) in [5.41, 5.74) is 2.23. The number of hydrogen-bond acceptors (Lipinski definition) is 1. The average molecular weight is 327 g/mol. The van der Waals surface area contributed by atoms with Gasteiger partial charge in [-0.2, -0.15) is 0 Å². The number of halogens is 1. The third-order valence-corrected chi connectivity index (χ3v) is 3.25. The Balaban J connectivity index is 2.11. The van der Waals surface area contributed by atoms with Crippen LogP contribution < -0.4 is 0 Å². The maximum atomic E-state index is 9.43. The first-order valence-corrected chi connectivity index (χ1v) is 6.31. The predicted molar refractivity (Wildman–Crippen MR) is 73.3 cm³/mol. The molecule has 1 aromatic carbocycles. The Hall–Kier alpha value is -0.810. The minimum absolute atomic E-state index is 0.391. The van der Waals surface area contributed by atoms with Crippen LogP contribution in [0.2, 0.25) is 0 Å². The van der Waals surface area contributed by atoms with Crippen molar-refractivity contribution in [3.63, 3.8) is 0 Å². The number of aromatic nitrogens is 1. The highest BCUT2D eigenvalue weighted by Crippen LogP contribution is 2.14. The van der Waals surface area contributed by atoms with E-state index in [-0.39, 0.29) is 0 Å². The van der Waals surface area contributed by atoms with Gasteiger partial charge in [0.1, 0.15) is 0 Å². The van der Waals surface area contributed by atoms with Crippen molar-refractivity contribution < 1.29 is 5.11 Å². The van der Waals surface area contributed by atoms with Gasteiger partial charge in [0.2, 0.25) is 0 Å². The molecule has 1 heterocycles. The first kappa shape index (κ1) is 11.7. The van der Waals surface area contributed by atoms with E-state index in [0.717, 1.165) is 12.1 Å². The predicted octanol–water partition coefficient (Wildman–Crippen LogP) is 3.19. The second-order valence-corrected chi connectivity index (χ2v) is 5.17. The summed E-state index contributed by atoms with van der Waals surface area (Å²) >= 11 is 2.30. The molecule has 0 amide bonds. The molecule has 2 aromatic rings. The summed E-state index contributed by atoms with van der Waals surface area (Å²) in [7, 11) is 0. The molecule has 0 fully saturated rings. The first-order chi connectivity index (χ1) is 7.65. The average Bonchev–Trinajstić information content (AvgIpc) is 2.70. The maximum absolute atomic E-state index is 9.43. The van der Waals surface area contributed by atoms with Gasteiger partial charge in [-0.05, 0) is 58.8 Å². The molecule has 2 nitrogen and oxygen atoms in total. The molecule has 0 spiro atoms. The molecule has 16 heavy (non-hydrogen) atoms. The van der Waals surface area contributed by atoms with Crippen molar-refractivity contribution in [3.8, 4) is 0 Å². The van der Waals surface area contributed by atoms with Crippen molar-refractivity contribution in [2.75, 3.05) is 0 Å². The fourth-order valence-electron chi connectivity index (χ4n) is 1.61. The number of benzene rings is 1. The Kier molecular flexibility index (Phi) is 3.66. The van der Waals surface area contributed by atoms with Crippen LogP contribution in [0, 0.1) is 3.57 Å². The molecular weight excluding hydrogens is 313 g/mol. The molecule has 1 N–H and O–H groups in total. The van der Waals surface area contributed by atoms with E-state index in [1.807, 2.05) is 18.5 Å². The Labute approximate surface area is 109 Å². The van der Waals surface area contributed by atoms with Crippen LogP contribution in [0.25, 0.3) is 0 Å². The van der Waals surface area contributed by atoms with Gasteiger partial charge in [0.05, 0.1) is 6.10 Å². The molecule has 0 aliphatic carbocycles. The zero-order valence-electron chi connectivity index (χ0n) is 9.10. The summed E-state index contributed by atoms with van der Waals surface area (Å²) in [6, 6.07) is 10.4. The normalized spacial score (nSPS) is 12.7. The maximum Gasteiger partial charge on any atom is 0.0776 e. The smallest absolute Gasteiger partial charge is 0.0776 e. The second-order valence-electron chi connectivity index (χ2n) is 3.92. The highest BCUT2D eigenvalue weighted by molar-refractivity contribution is 14.1. The summed E-state index contributed by atoms with van der Waals surface area (Å²) in [5, 5.41) is 9.43. The van der Waals surface area contributed by atoms with Crippen LogP contribution >= 0.6 is 22.6 Å². The lowest BCUT2D eigenvalue weighted by atomic mass is 10.2. The highest BCUT2D eigenvalue weighted by atomic mass is 127. The molecule has 1 atom stereocenters. The standard InChI is InChI=1S/C13H14INO/c1-10(16)12-6-7-15(9-12)8-11-2-4-13(14)5-3-11/h2-7,9-10,16H,8H2,1H3. The fraction of sp³-hybridized carbons (Fsp3) is 0.231. The van der Waals surface area contributed by atoms with E-state index < -0.39 is 6.10 Å². The quantitative estimate of drug-likeness (QED) is 0.861. The van der Waals surface area contributed by atoms with Crippen molar-refractivity contribution >= 4 is 22.6 Å². The zero-order chi connectivity index (χ0) is 11.5. The molecule has 2 rings (SSSR count). The third kappa shape index (κ3) is 2.86. The molecule has 0 saturated carbocycles. The van der Waals surface area contributed by atoms with Gasteiger partial charge in [-0.3, -0.25) is 0 Å². The van der Waals surface area contributed by atoms with E-state index in [0.29, 0.717) is 0 Å². The molecule has 0 aliphatic heterocycles. The lowest BCUT2D eigenvalue weighted by Crippen LogP contribution is -1.96. The summed E-state index contributed by atoms with van der Waals surface area (Å²) in [6.07, 6.45) is 3.60. The van der Waals surface area contributed by atoms with Gasteiger partial charge in [-0.1, -0.05) is 12.1 Å². The SMILES string of the molecule is CC(O)c1ccn(Cc2ccc(I)cc2)c1. The lowest BCUT2D eigenvalue weighted by molar-refractivity contribution is 0.199. The van der Waals surface area contributed by atoms with Crippen LogP contribution in [0.3, 0.4) is 0 Å². The Morgan fingerprint density at radius 3 is 2.50 bits per heavy atom. The number of aliphatic hydroxyl groups excluding tert-OH is 1. The minimum atomic E-state index is -0.391. The van der Waals surface area contributed by atoms with Gasteiger partial charge < -0.3 is 9.67 Å². The summed E-state index contributed by atoms with van der Waals surface area (Å²) in [6.45, 7) is 2.63. The van der Waals surface area contributed by atoms with Crippen molar-refractivity contribution in [1.29, 1.82) is 0 Å². The van der Waals surface area contributed by atoms with E-state index in [1.165, 1.54) is 9.13 Å². The van der Waals surface area contributed by atoms with E-state index in [9.17, 15) is 5.11 Å². The highest BCUT2D eigenvalue weighted by Gasteiger charge is 2.02. The van der Waals surface area contributed by atoms with Crippen LogP contribution in [0.5, 0.6) is 0 Å². The lowest BCUT2D eigenvalue weighted by Gasteiger charge is -2.04. The largest absolute Gasteiger partial charge is 0.389 e. The zero-order valence-corrected chi connectivity index (χ0v) is 11.3. The minimum Gasteiger partial charge on any atom is -0.389 e. The molecule has 1 aromatic heterocycles. The van der Waals surface area contributed by atoms with Gasteiger partial charge in [-0.25, -0.2) is 0 Å². The molecule has 0 aliphatic rings. The van der Waals surface area contributed by atoms with E-state index in [2.05, 4.69) is 51.4 Å². The Bertz CT molecular complexity index is 459. The Morgan fingerprint density at radius 2 is 1.94 bits per heavy atom. The van der Waals surface area contributed by atoms with Gasteiger partial charge in [0, 0.05) is 22.5 Å². The molecular formula is C13H14INO. The van der Waals surface area contributed by atoms with Gasteiger partial charge in [0.15, 0.2) is 0 Å². The fourth-order valence-corrected chi connectivity index (χ4v) is 1.97. The number of hydrogen-bond donors (Lipinski definition) is 1. The van der Waals surface area contributed by atoms with Gasteiger partial charge in [-0.15, -0.1) is 0 Å². The van der Waals surface area contributed by atoms with Crippen LogP contribution in [0.15, 0.2) is 42.7 Å². The molecule has 1 unspecified atom stereocenters. The van der Waals surface area contributed by atoms with Crippen LogP contribution in [0.1, 0.15) is 24.2 Å². The number of rotatable bonds is 3. The topological polar surface area (TPSA) is 25.2 Å². The van der Waals surface area contributed by atoms with Crippen molar-refractivity contribution in [2.45, 2.75) is 19.6 Å². The molecule has 84 valence electrons. The number of aliphatic hydroxyl groups is 1. The van der Waals surface area contributed by atoms with E-state index >= 15 is 0 Å². The van der Waals surface area contributed by atoms with Gasteiger partial charge in [0.25, 0.3) is 0 Å². The van der Waals surface area contributed by atoms with Crippen molar-refractivity contribution in [2.24, 2.45) is 0 Å². The van der Waals surface area contributed by atoms with Crippen LogP contribution in [-0.4, -0.2) is 9.67 Å². The van der Waals surface area contributed by atoms with Crippen molar-refractivity contribution in [3.05, 3.63) is 57.4 Å². The molecule has 0 saturated heterocycles. The van der Waals surface area contributed by atoms with Crippen LogP contribution in [-0.2, 0) is 6.54 Å². The molecule has 0 radical (unpaired) electrons. The van der Waals surface area contributed by atoms with E-state index in [1.54, 1.807) is 6.92 Å². The summed E-state index contributed by atoms with van der Waals surface area (Å²) in [4.78, 5) is 0. The van der Waals surface area contributed by atoms with Crippen molar-refractivity contribution in [1.82, 2.24) is 4.57 Å². The molecule has 3 heteroatoms.